The van der Waals surface area contributed by atoms with E-state index >= 15 is 0 Å². The minimum absolute atomic E-state index is 0.402. The third-order valence-electron chi connectivity index (χ3n) is 3.31. The van der Waals surface area contributed by atoms with Gasteiger partial charge in [0, 0.05) is 24.3 Å². The SMILES string of the molecule is OC(OC(O)c1cc2occc2[nH]1)c1cc2occc2[nH]1. The highest BCUT2D eigenvalue weighted by atomic mass is 16.7. The highest BCUT2D eigenvalue weighted by molar-refractivity contribution is 5.74. The number of aliphatic hydroxyl groups is 2. The fourth-order valence-corrected chi connectivity index (χ4v) is 2.27. The largest absolute Gasteiger partial charge is 0.463 e. The van der Waals surface area contributed by atoms with Gasteiger partial charge in [-0.15, -0.1) is 0 Å². The minimum Gasteiger partial charge on any atom is -0.463 e. The quantitative estimate of drug-likeness (QED) is 0.432. The van der Waals surface area contributed by atoms with Crippen molar-refractivity contribution in [3.05, 3.63) is 48.2 Å². The lowest BCUT2D eigenvalue weighted by Crippen LogP contribution is -2.10. The highest BCUT2D eigenvalue weighted by Gasteiger charge is 2.20. The Morgan fingerprint density at radius 1 is 0.857 bits per heavy atom. The molecule has 2 unspecified atom stereocenters. The Hall–Kier alpha value is -2.48. The van der Waals surface area contributed by atoms with Crippen molar-refractivity contribution in [1.82, 2.24) is 9.97 Å². The summed E-state index contributed by atoms with van der Waals surface area (Å²) in [6.45, 7) is 0. The van der Waals surface area contributed by atoms with Crippen LogP contribution in [0.1, 0.15) is 24.0 Å². The summed E-state index contributed by atoms with van der Waals surface area (Å²) < 4.78 is 15.6. The van der Waals surface area contributed by atoms with Crippen LogP contribution in [-0.4, -0.2) is 20.2 Å². The van der Waals surface area contributed by atoms with E-state index < -0.39 is 12.6 Å². The second-order valence-corrected chi connectivity index (χ2v) is 4.69. The van der Waals surface area contributed by atoms with Crippen molar-refractivity contribution in [3.63, 3.8) is 0 Å². The zero-order valence-corrected chi connectivity index (χ0v) is 10.7. The number of aliphatic hydroxyl groups excluding tert-OH is 2. The molecule has 0 aliphatic carbocycles. The molecule has 0 radical (unpaired) electrons. The molecule has 0 saturated heterocycles. The summed E-state index contributed by atoms with van der Waals surface area (Å²) in [5.74, 6) is 0. The number of nitrogens with one attached hydrogen (secondary N) is 2. The molecule has 4 rings (SSSR count). The molecule has 0 fully saturated rings. The number of hydrogen-bond donors (Lipinski definition) is 4. The topological polar surface area (TPSA) is 108 Å². The third-order valence-corrected chi connectivity index (χ3v) is 3.31. The van der Waals surface area contributed by atoms with E-state index in [2.05, 4.69) is 9.97 Å². The van der Waals surface area contributed by atoms with Gasteiger partial charge in [0.15, 0.2) is 23.7 Å². The summed E-state index contributed by atoms with van der Waals surface area (Å²) in [6, 6.07) is 6.71. The molecule has 7 heteroatoms. The maximum absolute atomic E-state index is 10.0. The second kappa shape index (κ2) is 4.52. The van der Waals surface area contributed by atoms with Gasteiger partial charge in [-0.05, 0) is 0 Å². The van der Waals surface area contributed by atoms with Crippen molar-refractivity contribution in [3.8, 4) is 0 Å². The molecule has 2 atom stereocenters. The molecule has 21 heavy (non-hydrogen) atoms. The van der Waals surface area contributed by atoms with Crippen LogP contribution in [0.2, 0.25) is 0 Å². The second-order valence-electron chi connectivity index (χ2n) is 4.69. The molecule has 4 heterocycles. The van der Waals surface area contributed by atoms with Gasteiger partial charge in [0.2, 0.25) is 0 Å². The Labute approximate surface area is 117 Å². The molecule has 4 aromatic heterocycles. The van der Waals surface area contributed by atoms with Gasteiger partial charge in [0.05, 0.1) is 34.9 Å². The summed E-state index contributed by atoms with van der Waals surface area (Å²) >= 11 is 0. The number of fused-ring (bicyclic) bond motifs is 2. The predicted molar refractivity (Wildman–Crippen MR) is 72.1 cm³/mol. The molecule has 7 nitrogen and oxygen atoms in total. The van der Waals surface area contributed by atoms with Crippen LogP contribution in [0, 0.1) is 0 Å². The molecule has 0 aromatic carbocycles. The van der Waals surface area contributed by atoms with E-state index in [4.69, 9.17) is 13.6 Å². The van der Waals surface area contributed by atoms with E-state index in [0.29, 0.717) is 22.6 Å². The number of furan rings is 2. The van der Waals surface area contributed by atoms with Crippen LogP contribution in [0.3, 0.4) is 0 Å². The van der Waals surface area contributed by atoms with E-state index in [1.165, 1.54) is 0 Å². The number of H-pyrrole nitrogens is 2. The first kappa shape index (κ1) is 12.3. The van der Waals surface area contributed by atoms with Gasteiger partial charge in [0.1, 0.15) is 0 Å². The molecule has 0 saturated carbocycles. The van der Waals surface area contributed by atoms with E-state index in [-0.39, 0.29) is 0 Å². The smallest absolute Gasteiger partial charge is 0.199 e. The first-order valence-electron chi connectivity index (χ1n) is 6.34. The summed E-state index contributed by atoms with van der Waals surface area (Å²) in [4.78, 5) is 5.89. The average molecular weight is 288 g/mol. The molecule has 4 N–H and O–H groups in total. The normalized spacial score (nSPS) is 15.0. The number of aromatic nitrogens is 2. The first-order valence-corrected chi connectivity index (χ1v) is 6.34. The van der Waals surface area contributed by atoms with Gasteiger partial charge in [0.25, 0.3) is 0 Å². The maximum Gasteiger partial charge on any atom is 0.199 e. The first-order chi connectivity index (χ1) is 10.2. The predicted octanol–water partition coefficient (Wildman–Crippen LogP) is 2.53. The summed E-state index contributed by atoms with van der Waals surface area (Å²) in [6.07, 6.45) is 0.469. The fourth-order valence-electron chi connectivity index (χ4n) is 2.27. The zero-order valence-electron chi connectivity index (χ0n) is 10.7. The summed E-state index contributed by atoms with van der Waals surface area (Å²) in [5.41, 5.74) is 3.52. The summed E-state index contributed by atoms with van der Waals surface area (Å²) in [7, 11) is 0. The Morgan fingerprint density at radius 3 is 1.76 bits per heavy atom. The van der Waals surface area contributed by atoms with Gasteiger partial charge in [-0.25, -0.2) is 0 Å². The number of rotatable bonds is 4. The monoisotopic (exact) mass is 288 g/mol. The molecule has 4 aromatic rings. The zero-order chi connectivity index (χ0) is 14.4. The number of ether oxygens (including phenoxy) is 1. The Balaban J connectivity index is 1.53. The van der Waals surface area contributed by atoms with Crippen LogP contribution < -0.4 is 0 Å². The van der Waals surface area contributed by atoms with Crippen LogP contribution in [0.25, 0.3) is 22.2 Å². The van der Waals surface area contributed by atoms with E-state index in [1.54, 1.807) is 36.8 Å². The molecule has 0 bridgehead atoms. The molecular weight excluding hydrogens is 276 g/mol. The van der Waals surface area contributed by atoms with Crippen LogP contribution >= 0.6 is 0 Å². The van der Waals surface area contributed by atoms with E-state index in [1.807, 2.05) is 0 Å². The molecule has 0 aliphatic rings. The lowest BCUT2D eigenvalue weighted by atomic mass is 10.4. The fraction of sp³-hybridized carbons (Fsp3) is 0.143. The van der Waals surface area contributed by atoms with Crippen molar-refractivity contribution in [2.24, 2.45) is 0 Å². The molecule has 108 valence electrons. The van der Waals surface area contributed by atoms with Gasteiger partial charge in [-0.2, -0.15) is 0 Å². The summed E-state index contributed by atoms with van der Waals surface area (Å²) in [5, 5.41) is 20.0. The number of aromatic amines is 2. The Morgan fingerprint density at radius 2 is 1.33 bits per heavy atom. The van der Waals surface area contributed by atoms with Crippen molar-refractivity contribution in [1.29, 1.82) is 0 Å². The van der Waals surface area contributed by atoms with Gasteiger partial charge in [-0.1, -0.05) is 0 Å². The van der Waals surface area contributed by atoms with Gasteiger partial charge >= 0.3 is 0 Å². The highest BCUT2D eigenvalue weighted by Crippen LogP contribution is 2.27. The lowest BCUT2D eigenvalue weighted by molar-refractivity contribution is -0.218. The van der Waals surface area contributed by atoms with Crippen molar-refractivity contribution < 1.29 is 23.8 Å². The molecule has 0 aliphatic heterocycles. The van der Waals surface area contributed by atoms with Crippen LogP contribution in [0.15, 0.2) is 45.6 Å². The molecule has 0 amide bonds. The van der Waals surface area contributed by atoms with Gasteiger partial charge < -0.3 is 33.8 Å². The molecular formula is C14H12N2O5. The van der Waals surface area contributed by atoms with Crippen molar-refractivity contribution in [2.45, 2.75) is 12.6 Å². The third kappa shape index (κ3) is 2.04. The van der Waals surface area contributed by atoms with E-state index in [9.17, 15) is 10.2 Å². The van der Waals surface area contributed by atoms with Crippen LogP contribution in [0.5, 0.6) is 0 Å². The standard InChI is InChI=1S/C14H12N2O5/c17-13(9-5-11-7(15-9)1-3-19-11)21-14(18)10-6-12-8(16-10)2-4-20-12/h1-6,13-18H. The maximum atomic E-state index is 10.0. The van der Waals surface area contributed by atoms with Gasteiger partial charge in [-0.3, -0.25) is 0 Å². The van der Waals surface area contributed by atoms with Crippen LogP contribution in [0.4, 0.5) is 0 Å². The Kier molecular flexibility index (Phi) is 2.64. The Bertz CT molecular complexity index is 754. The molecule has 0 spiro atoms. The van der Waals surface area contributed by atoms with Crippen molar-refractivity contribution in [2.75, 3.05) is 0 Å². The number of hydrogen-bond acceptors (Lipinski definition) is 5. The van der Waals surface area contributed by atoms with Crippen LogP contribution in [-0.2, 0) is 4.74 Å². The van der Waals surface area contributed by atoms with Crippen molar-refractivity contribution >= 4 is 22.2 Å². The average Bonchev–Trinajstić information content (AvgIpc) is 3.16. The van der Waals surface area contributed by atoms with E-state index in [0.717, 1.165) is 11.0 Å². The lowest BCUT2D eigenvalue weighted by Gasteiger charge is -2.15. The minimum atomic E-state index is -1.31.